The van der Waals surface area contributed by atoms with Gasteiger partial charge in [-0.1, -0.05) is 6.07 Å². The van der Waals surface area contributed by atoms with Crippen molar-refractivity contribution in [1.82, 2.24) is 5.32 Å². The Morgan fingerprint density at radius 1 is 1.16 bits per heavy atom. The van der Waals surface area contributed by atoms with E-state index in [2.05, 4.69) is 11.4 Å². The smallest absolute Gasteiger partial charge is 0.265 e. The van der Waals surface area contributed by atoms with Gasteiger partial charge in [0.2, 0.25) is 5.91 Å². The number of benzene rings is 2. The molecule has 3 rings (SSSR count). The maximum Gasteiger partial charge on any atom is 0.265 e. The number of carbonyl (C=O) groups excluding carboxylic acids is 3. The number of fused-ring (bicyclic) bond motifs is 1. The van der Waals surface area contributed by atoms with Gasteiger partial charge in [-0.3, -0.25) is 19.3 Å². The molecule has 0 spiro atoms. The Kier molecular flexibility index (Phi) is 7.48. The summed E-state index contributed by atoms with van der Waals surface area (Å²) in [5.74, 6) is 0.187. The minimum atomic E-state index is -0.355. The van der Waals surface area contributed by atoms with Gasteiger partial charge >= 0.3 is 0 Å². The number of carbonyl (C=O) groups is 3. The van der Waals surface area contributed by atoms with E-state index in [0.29, 0.717) is 35.9 Å². The molecule has 0 saturated heterocycles. The van der Waals surface area contributed by atoms with E-state index >= 15 is 0 Å². The molecule has 0 aromatic heterocycles. The van der Waals surface area contributed by atoms with Crippen molar-refractivity contribution in [2.75, 3.05) is 44.9 Å². The van der Waals surface area contributed by atoms with Crippen molar-refractivity contribution in [2.24, 2.45) is 0 Å². The molecule has 0 radical (unpaired) electrons. The molecule has 2 aromatic carbocycles. The summed E-state index contributed by atoms with van der Waals surface area (Å²) in [7, 11) is 1.54. The lowest BCUT2D eigenvalue weighted by Gasteiger charge is -2.29. The van der Waals surface area contributed by atoms with Crippen LogP contribution in [0.25, 0.3) is 0 Å². The lowest BCUT2D eigenvalue weighted by Crippen LogP contribution is -2.45. The van der Waals surface area contributed by atoms with Crippen LogP contribution in [0.5, 0.6) is 11.5 Å². The van der Waals surface area contributed by atoms with E-state index in [1.54, 1.807) is 18.2 Å². The molecule has 1 aliphatic rings. The molecule has 0 unspecified atom stereocenters. The Balaban J connectivity index is 1.74. The van der Waals surface area contributed by atoms with E-state index in [4.69, 9.17) is 14.2 Å². The second-order valence-corrected chi connectivity index (χ2v) is 7.71. The number of nitrogens with zero attached hydrogens (tertiary/aromatic N) is 1. The zero-order valence-corrected chi connectivity index (χ0v) is 18.8. The SMILES string of the molecule is COCCNC(=O)CN1C(=O)COc2ccc(C(=O)COc3cc(C)cc(C)c3C)cc21. The van der Waals surface area contributed by atoms with Crippen LogP contribution in [0.1, 0.15) is 27.0 Å². The summed E-state index contributed by atoms with van der Waals surface area (Å²) in [4.78, 5) is 38.8. The van der Waals surface area contributed by atoms with Crippen LogP contribution in [0.15, 0.2) is 30.3 Å². The Morgan fingerprint density at radius 2 is 1.94 bits per heavy atom. The van der Waals surface area contributed by atoms with Crippen molar-refractivity contribution >= 4 is 23.3 Å². The summed E-state index contributed by atoms with van der Waals surface area (Å²) in [5.41, 5.74) is 3.89. The molecule has 0 atom stereocenters. The summed E-state index contributed by atoms with van der Waals surface area (Å²) >= 11 is 0. The van der Waals surface area contributed by atoms with Gasteiger partial charge in [-0.2, -0.15) is 0 Å². The highest BCUT2D eigenvalue weighted by Crippen LogP contribution is 2.33. The lowest BCUT2D eigenvalue weighted by molar-refractivity contribution is -0.125. The molecule has 0 bridgehead atoms. The van der Waals surface area contributed by atoms with Crippen molar-refractivity contribution < 1.29 is 28.6 Å². The summed E-state index contributed by atoms with van der Waals surface area (Å²) < 4.78 is 16.2. The van der Waals surface area contributed by atoms with Crippen LogP contribution < -0.4 is 19.7 Å². The molecular formula is C24H28N2O6. The topological polar surface area (TPSA) is 94.2 Å². The van der Waals surface area contributed by atoms with Crippen molar-refractivity contribution in [2.45, 2.75) is 20.8 Å². The zero-order chi connectivity index (χ0) is 23.3. The zero-order valence-electron chi connectivity index (χ0n) is 18.8. The molecule has 170 valence electrons. The first kappa shape index (κ1) is 23.3. The van der Waals surface area contributed by atoms with Gasteiger partial charge in [0.05, 0.1) is 12.3 Å². The molecule has 1 N–H and O–H groups in total. The highest BCUT2D eigenvalue weighted by Gasteiger charge is 2.28. The third-order valence-corrected chi connectivity index (χ3v) is 5.28. The van der Waals surface area contributed by atoms with Gasteiger partial charge in [-0.15, -0.1) is 0 Å². The van der Waals surface area contributed by atoms with Gasteiger partial charge in [0.15, 0.2) is 19.0 Å². The molecule has 2 aromatic rings. The Labute approximate surface area is 187 Å². The predicted octanol–water partition coefficient (Wildman–Crippen LogP) is 2.36. The Hall–Kier alpha value is -3.39. The maximum atomic E-state index is 12.8. The van der Waals surface area contributed by atoms with Crippen LogP contribution in [-0.4, -0.2) is 57.6 Å². The van der Waals surface area contributed by atoms with E-state index < -0.39 is 0 Å². The van der Waals surface area contributed by atoms with Crippen molar-refractivity contribution in [3.63, 3.8) is 0 Å². The van der Waals surface area contributed by atoms with Crippen molar-refractivity contribution in [3.05, 3.63) is 52.6 Å². The summed E-state index contributed by atoms with van der Waals surface area (Å²) in [6, 6.07) is 8.79. The van der Waals surface area contributed by atoms with Crippen LogP contribution in [0.4, 0.5) is 5.69 Å². The van der Waals surface area contributed by atoms with Gasteiger partial charge in [0, 0.05) is 19.2 Å². The average molecular weight is 440 g/mol. The van der Waals surface area contributed by atoms with Gasteiger partial charge in [-0.05, 0) is 61.7 Å². The summed E-state index contributed by atoms with van der Waals surface area (Å²) in [6.45, 7) is 6.15. The molecular weight excluding hydrogens is 412 g/mol. The van der Waals surface area contributed by atoms with E-state index in [-0.39, 0.29) is 37.4 Å². The monoisotopic (exact) mass is 440 g/mol. The molecule has 0 fully saturated rings. The van der Waals surface area contributed by atoms with E-state index in [9.17, 15) is 14.4 Å². The van der Waals surface area contributed by atoms with Gasteiger partial charge < -0.3 is 19.5 Å². The molecule has 2 amide bonds. The molecule has 8 nitrogen and oxygen atoms in total. The number of aryl methyl sites for hydroxylation is 2. The van der Waals surface area contributed by atoms with Gasteiger partial charge in [0.25, 0.3) is 5.91 Å². The van der Waals surface area contributed by atoms with Crippen LogP contribution in [0.2, 0.25) is 0 Å². The number of Topliss-reactive ketones (excluding diaryl/α,β-unsaturated/α-hetero) is 1. The second kappa shape index (κ2) is 10.3. The number of amides is 2. The van der Waals surface area contributed by atoms with E-state index in [0.717, 1.165) is 16.7 Å². The number of hydrogen-bond acceptors (Lipinski definition) is 6. The van der Waals surface area contributed by atoms with Crippen LogP contribution in [-0.2, 0) is 14.3 Å². The fourth-order valence-electron chi connectivity index (χ4n) is 3.42. The second-order valence-electron chi connectivity index (χ2n) is 7.71. The highest BCUT2D eigenvalue weighted by atomic mass is 16.5. The number of anilines is 1. The molecule has 0 saturated carbocycles. The average Bonchev–Trinajstić information content (AvgIpc) is 2.76. The molecule has 0 aliphatic carbocycles. The number of methoxy groups -OCH3 is 1. The first-order chi connectivity index (χ1) is 15.3. The Bertz CT molecular complexity index is 1030. The van der Waals surface area contributed by atoms with Crippen molar-refractivity contribution in [1.29, 1.82) is 0 Å². The first-order valence-electron chi connectivity index (χ1n) is 10.4. The molecule has 1 heterocycles. The standard InChI is InChI=1S/C24H28N2O6/c1-15-9-16(2)17(3)22(10-15)31-13-20(27)18-5-6-21-19(11-18)26(24(29)14-32-21)12-23(28)25-7-8-30-4/h5-6,9-11H,7-8,12-14H2,1-4H3,(H,25,28). The summed E-state index contributed by atoms with van der Waals surface area (Å²) in [6.07, 6.45) is 0. The van der Waals surface area contributed by atoms with Crippen LogP contribution in [0.3, 0.4) is 0 Å². The quantitative estimate of drug-likeness (QED) is 0.475. The maximum absolute atomic E-state index is 12.8. The Morgan fingerprint density at radius 3 is 2.69 bits per heavy atom. The number of ether oxygens (including phenoxy) is 3. The van der Waals surface area contributed by atoms with Gasteiger partial charge in [-0.25, -0.2) is 0 Å². The molecule has 1 aliphatic heterocycles. The van der Waals surface area contributed by atoms with Gasteiger partial charge in [0.1, 0.15) is 18.0 Å². The third-order valence-electron chi connectivity index (χ3n) is 5.28. The highest BCUT2D eigenvalue weighted by molar-refractivity contribution is 6.04. The first-order valence-corrected chi connectivity index (χ1v) is 10.4. The third kappa shape index (κ3) is 5.45. The summed E-state index contributed by atoms with van der Waals surface area (Å²) in [5, 5.41) is 2.69. The largest absolute Gasteiger partial charge is 0.485 e. The fourth-order valence-corrected chi connectivity index (χ4v) is 3.42. The number of nitrogens with one attached hydrogen (secondary N) is 1. The minimum Gasteiger partial charge on any atom is -0.485 e. The van der Waals surface area contributed by atoms with Crippen LogP contribution in [0, 0.1) is 20.8 Å². The number of hydrogen-bond donors (Lipinski definition) is 1. The molecule has 8 heteroatoms. The number of ketones is 1. The van der Waals surface area contributed by atoms with Crippen LogP contribution >= 0.6 is 0 Å². The van der Waals surface area contributed by atoms with E-state index in [1.807, 2.05) is 26.8 Å². The fraction of sp³-hybridized carbons (Fsp3) is 0.375. The number of rotatable bonds is 9. The minimum absolute atomic E-state index is 0.144. The lowest BCUT2D eigenvalue weighted by atomic mass is 10.1. The predicted molar refractivity (Wildman–Crippen MR) is 120 cm³/mol. The van der Waals surface area contributed by atoms with Crippen molar-refractivity contribution in [3.8, 4) is 11.5 Å². The van der Waals surface area contributed by atoms with E-state index in [1.165, 1.54) is 12.0 Å². The normalized spacial score (nSPS) is 12.8. The molecule has 32 heavy (non-hydrogen) atoms.